The highest BCUT2D eigenvalue weighted by Gasteiger charge is 2.09. The van der Waals surface area contributed by atoms with Gasteiger partial charge in [-0.25, -0.2) is 5.10 Å². The number of ether oxygens (including phenoxy) is 1. The van der Waals surface area contributed by atoms with Crippen molar-refractivity contribution in [3.8, 4) is 17.1 Å². The van der Waals surface area contributed by atoms with Gasteiger partial charge in [-0.1, -0.05) is 42.5 Å². The second-order valence-corrected chi connectivity index (χ2v) is 5.90. The number of nitrogens with zero attached hydrogens (tertiary/aromatic N) is 3. The molecule has 0 aliphatic heterocycles. The van der Waals surface area contributed by atoms with Crippen LogP contribution in [0.5, 0.6) is 5.75 Å². The van der Waals surface area contributed by atoms with Crippen molar-refractivity contribution in [2.45, 2.75) is 20.0 Å². The number of hydrogen-bond acceptors (Lipinski definition) is 4. The van der Waals surface area contributed by atoms with E-state index in [0.717, 1.165) is 16.9 Å². The summed E-state index contributed by atoms with van der Waals surface area (Å²) in [6.45, 7) is 3.99. The molecule has 0 spiro atoms. The van der Waals surface area contributed by atoms with Gasteiger partial charge in [-0.15, -0.1) is 0 Å². The molecule has 0 saturated heterocycles. The Hall–Kier alpha value is -2.73. The number of aromatic amines is 1. The summed E-state index contributed by atoms with van der Waals surface area (Å²) < 4.78 is 7.79. The lowest BCUT2D eigenvalue weighted by atomic mass is 10.2. The van der Waals surface area contributed by atoms with E-state index < -0.39 is 0 Å². The minimum Gasteiger partial charge on any atom is -0.491 e. The zero-order valence-electron chi connectivity index (χ0n) is 13.5. The zero-order valence-corrected chi connectivity index (χ0v) is 14.3. The Labute approximate surface area is 145 Å². The SMILES string of the molecule is CC(C)Oc1cccc(-c2n[nH]c(=S)n2N=Cc2ccccc2)c1. The normalized spacial score (nSPS) is 11.3. The molecule has 0 amide bonds. The zero-order chi connectivity index (χ0) is 16.9. The van der Waals surface area contributed by atoms with E-state index in [2.05, 4.69) is 15.3 Å². The predicted molar refractivity (Wildman–Crippen MR) is 98.0 cm³/mol. The second kappa shape index (κ2) is 7.23. The van der Waals surface area contributed by atoms with E-state index >= 15 is 0 Å². The third-order valence-corrected chi connectivity index (χ3v) is 3.50. The van der Waals surface area contributed by atoms with Gasteiger partial charge in [0, 0.05) is 5.56 Å². The Morgan fingerprint density at radius 1 is 1.17 bits per heavy atom. The summed E-state index contributed by atoms with van der Waals surface area (Å²) in [5.74, 6) is 1.43. The molecule has 0 bridgehead atoms. The maximum atomic E-state index is 5.74. The van der Waals surface area contributed by atoms with Gasteiger partial charge in [-0.05, 0) is 43.8 Å². The fraction of sp³-hybridized carbons (Fsp3) is 0.167. The van der Waals surface area contributed by atoms with Crippen LogP contribution in [-0.4, -0.2) is 27.2 Å². The van der Waals surface area contributed by atoms with Gasteiger partial charge in [0.15, 0.2) is 5.82 Å². The first-order valence-electron chi connectivity index (χ1n) is 7.67. The van der Waals surface area contributed by atoms with E-state index in [0.29, 0.717) is 10.6 Å². The van der Waals surface area contributed by atoms with Gasteiger partial charge in [0.1, 0.15) is 5.75 Å². The molecule has 0 saturated carbocycles. The number of aromatic nitrogens is 3. The summed E-state index contributed by atoms with van der Waals surface area (Å²) in [7, 11) is 0. The Morgan fingerprint density at radius 2 is 1.96 bits per heavy atom. The largest absolute Gasteiger partial charge is 0.491 e. The van der Waals surface area contributed by atoms with Crippen LogP contribution in [0.4, 0.5) is 0 Å². The standard InChI is InChI=1S/C18H18N4OS/c1-13(2)23-16-10-6-9-15(11-16)17-20-21-18(24)22(17)19-12-14-7-4-3-5-8-14/h3-13H,1-2H3,(H,21,24). The third-order valence-electron chi connectivity index (χ3n) is 3.24. The van der Waals surface area contributed by atoms with Gasteiger partial charge in [0.05, 0.1) is 12.3 Å². The number of benzene rings is 2. The molecule has 0 atom stereocenters. The van der Waals surface area contributed by atoms with Crippen LogP contribution in [0.3, 0.4) is 0 Å². The minimum absolute atomic E-state index is 0.108. The van der Waals surface area contributed by atoms with Crippen LogP contribution in [0.2, 0.25) is 0 Å². The van der Waals surface area contributed by atoms with Crippen molar-refractivity contribution in [1.29, 1.82) is 0 Å². The van der Waals surface area contributed by atoms with Crippen molar-refractivity contribution >= 4 is 18.4 Å². The summed E-state index contributed by atoms with van der Waals surface area (Å²) in [6.07, 6.45) is 1.86. The van der Waals surface area contributed by atoms with Crippen molar-refractivity contribution < 1.29 is 4.74 Å². The highest BCUT2D eigenvalue weighted by Crippen LogP contribution is 2.23. The average molecular weight is 338 g/mol. The van der Waals surface area contributed by atoms with Crippen LogP contribution in [-0.2, 0) is 0 Å². The lowest BCUT2D eigenvalue weighted by Gasteiger charge is -2.10. The Bertz CT molecular complexity index is 897. The van der Waals surface area contributed by atoms with Crippen LogP contribution >= 0.6 is 12.2 Å². The Kier molecular flexibility index (Phi) is 4.86. The second-order valence-electron chi connectivity index (χ2n) is 5.51. The lowest BCUT2D eigenvalue weighted by molar-refractivity contribution is 0.242. The van der Waals surface area contributed by atoms with E-state index in [1.54, 1.807) is 10.9 Å². The summed E-state index contributed by atoms with van der Waals surface area (Å²) in [6, 6.07) is 17.6. The summed E-state index contributed by atoms with van der Waals surface area (Å²) >= 11 is 5.29. The van der Waals surface area contributed by atoms with E-state index in [1.807, 2.05) is 68.4 Å². The number of hydrogen-bond donors (Lipinski definition) is 1. The molecule has 122 valence electrons. The first-order chi connectivity index (χ1) is 11.6. The van der Waals surface area contributed by atoms with Gasteiger partial charge in [-0.2, -0.15) is 14.9 Å². The van der Waals surface area contributed by atoms with Crippen LogP contribution in [0, 0.1) is 4.77 Å². The van der Waals surface area contributed by atoms with E-state index in [1.165, 1.54) is 0 Å². The fourth-order valence-electron chi connectivity index (χ4n) is 2.23. The number of H-pyrrole nitrogens is 1. The molecule has 0 aliphatic carbocycles. The molecule has 2 aromatic carbocycles. The highest BCUT2D eigenvalue weighted by atomic mass is 32.1. The molecule has 24 heavy (non-hydrogen) atoms. The van der Waals surface area contributed by atoms with Gasteiger partial charge < -0.3 is 4.74 Å². The Morgan fingerprint density at radius 3 is 2.71 bits per heavy atom. The molecule has 1 heterocycles. The first kappa shape index (κ1) is 16.1. The van der Waals surface area contributed by atoms with Crippen LogP contribution in [0.1, 0.15) is 19.4 Å². The summed E-state index contributed by atoms with van der Waals surface area (Å²) in [5.41, 5.74) is 1.87. The van der Waals surface area contributed by atoms with Gasteiger partial charge in [0.25, 0.3) is 0 Å². The van der Waals surface area contributed by atoms with Crippen molar-refractivity contribution in [2.75, 3.05) is 0 Å². The third kappa shape index (κ3) is 3.78. The predicted octanol–water partition coefficient (Wildman–Crippen LogP) is 4.28. The molecular formula is C18H18N4OS. The maximum absolute atomic E-state index is 5.74. The van der Waals surface area contributed by atoms with Gasteiger partial charge in [-0.3, -0.25) is 0 Å². The van der Waals surface area contributed by atoms with Crippen LogP contribution in [0.25, 0.3) is 11.4 Å². The molecule has 0 radical (unpaired) electrons. The lowest BCUT2D eigenvalue weighted by Crippen LogP contribution is -2.05. The first-order valence-corrected chi connectivity index (χ1v) is 8.08. The molecule has 0 fully saturated rings. The minimum atomic E-state index is 0.108. The van der Waals surface area contributed by atoms with E-state index in [9.17, 15) is 0 Å². The maximum Gasteiger partial charge on any atom is 0.216 e. The van der Waals surface area contributed by atoms with Gasteiger partial charge in [0.2, 0.25) is 4.77 Å². The van der Waals surface area contributed by atoms with E-state index in [4.69, 9.17) is 17.0 Å². The Balaban J connectivity index is 1.96. The molecular weight excluding hydrogens is 320 g/mol. The molecule has 1 N–H and O–H groups in total. The topological polar surface area (TPSA) is 55.2 Å². The fourth-order valence-corrected chi connectivity index (χ4v) is 2.41. The van der Waals surface area contributed by atoms with Crippen molar-refractivity contribution in [3.63, 3.8) is 0 Å². The van der Waals surface area contributed by atoms with Crippen molar-refractivity contribution in [3.05, 3.63) is 64.9 Å². The molecule has 3 aromatic rings. The molecule has 0 aliphatic rings. The van der Waals surface area contributed by atoms with Crippen LogP contribution < -0.4 is 4.74 Å². The molecule has 0 unspecified atom stereocenters. The highest BCUT2D eigenvalue weighted by molar-refractivity contribution is 7.71. The van der Waals surface area contributed by atoms with Crippen molar-refractivity contribution in [2.24, 2.45) is 5.10 Å². The monoisotopic (exact) mass is 338 g/mol. The summed E-state index contributed by atoms with van der Waals surface area (Å²) in [4.78, 5) is 0. The van der Waals surface area contributed by atoms with Crippen LogP contribution in [0.15, 0.2) is 59.7 Å². The molecule has 5 nitrogen and oxygen atoms in total. The number of nitrogens with one attached hydrogen (secondary N) is 1. The average Bonchev–Trinajstić information content (AvgIpc) is 2.94. The smallest absolute Gasteiger partial charge is 0.216 e. The number of rotatable bonds is 5. The van der Waals surface area contributed by atoms with E-state index in [-0.39, 0.29) is 6.10 Å². The molecule has 1 aromatic heterocycles. The van der Waals surface area contributed by atoms with Gasteiger partial charge >= 0.3 is 0 Å². The molecule has 3 rings (SSSR count). The summed E-state index contributed by atoms with van der Waals surface area (Å²) in [5, 5.41) is 11.5. The molecule has 6 heteroatoms. The quantitative estimate of drug-likeness (QED) is 0.558. The van der Waals surface area contributed by atoms with Crippen molar-refractivity contribution in [1.82, 2.24) is 14.9 Å².